The maximum Gasteiger partial charge on any atom is 0.311 e. The summed E-state index contributed by atoms with van der Waals surface area (Å²) in [6.07, 6.45) is 4.20. The molecule has 0 saturated carbocycles. The van der Waals surface area contributed by atoms with Crippen molar-refractivity contribution in [3.05, 3.63) is 59.2 Å². The summed E-state index contributed by atoms with van der Waals surface area (Å²) in [4.78, 5) is 15.0. The number of halogens is 1. The zero-order valence-corrected chi connectivity index (χ0v) is 22.0. The van der Waals surface area contributed by atoms with Crippen molar-refractivity contribution in [2.24, 2.45) is 0 Å². The Balaban J connectivity index is 0.00000544. The van der Waals surface area contributed by atoms with Gasteiger partial charge >= 0.3 is 5.97 Å². The van der Waals surface area contributed by atoms with E-state index < -0.39 is 0 Å². The lowest BCUT2D eigenvalue weighted by molar-refractivity contribution is -0.134. The van der Waals surface area contributed by atoms with Crippen LogP contribution >= 0.6 is 12.4 Å². The highest BCUT2D eigenvalue weighted by molar-refractivity contribution is 5.85. The number of phenols is 1. The van der Waals surface area contributed by atoms with Crippen LogP contribution in [-0.4, -0.2) is 34.6 Å². The molecule has 0 saturated heterocycles. The summed E-state index contributed by atoms with van der Waals surface area (Å²) < 4.78 is 5.87. The first-order valence-electron chi connectivity index (χ1n) is 12.1. The third-order valence-corrected chi connectivity index (χ3v) is 6.21. The molecule has 1 unspecified atom stereocenters. The Morgan fingerprint density at radius 3 is 2.21 bits per heavy atom. The van der Waals surface area contributed by atoms with Gasteiger partial charge in [0.2, 0.25) is 0 Å². The first-order chi connectivity index (χ1) is 15.3. The minimum atomic E-state index is -0.206. The Morgan fingerprint density at radius 1 is 1.00 bits per heavy atom. The Bertz CT molecular complexity index is 844. The third-order valence-electron chi connectivity index (χ3n) is 6.21. The quantitative estimate of drug-likeness (QED) is 0.199. The molecule has 0 aliphatic heterocycles. The second-order valence-corrected chi connectivity index (χ2v) is 9.23. The zero-order valence-electron chi connectivity index (χ0n) is 21.1. The summed E-state index contributed by atoms with van der Waals surface area (Å²) in [6, 6.07) is 14.6. The van der Waals surface area contributed by atoms with Crippen LogP contribution in [0.15, 0.2) is 42.5 Å². The van der Waals surface area contributed by atoms with E-state index in [1.807, 2.05) is 25.1 Å². The highest BCUT2D eigenvalue weighted by Crippen LogP contribution is 2.40. The van der Waals surface area contributed by atoms with E-state index in [9.17, 15) is 9.90 Å². The molecule has 0 amide bonds. The number of rotatable bonds is 12. The topological polar surface area (TPSA) is 49.8 Å². The van der Waals surface area contributed by atoms with E-state index in [4.69, 9.17) is 4.74 Å². The molecule has 0 bridgehead atoms. The number of benzene rings is 2. The van der Waals surface area contributed by atoms with Gasteiger partial charge in [-0.3, -0.25) is 9.69 Å². The predicted octanol–water partition coefficient (Wildman–Crippen LogP) is 7.25. The number of esters is 1. The molecule has 0 radical (unpaired) electrons. The minimum Gasteiger partial charge on any atom is -0.508 e. The van der Waals surface area contributed by atoms with Gasteiger partial charge < -0.3 is 9.84 Å². The molecular formula is C28H42ClNO3. The average molecular weight is 476 g/mol. The van der Waals surface area contributed by atoms with E-state index in [1.54, 1.807) is 12.1 Å². The van der Waals surface area contributed by atoms with E-state index in [-0.39, 0.29) is 30.0 Å². The van der Waals surface area contributed by atoms with E-state index in [0.717, 1.165) is 48.9 Å². The Kier molecular flexibility index (Phi) is 12.5. The van der Waals surface area contributed by atoms with Crippen LogP contribution < -0.4 is 4.74 Å². The Morgan fingerprint density at radius 2 is 1.64 bits per heavy atom. The highest BCUT2D eigenvalue weighted by Gasteiger charge is 2.25. The van der Waals surface area contributed by atoms with E-state index >= 15 is 0 Å². The van der Waals surface area contributed by atoms with Crippen LogP contribution in [0.5, 0.6) is 11.5 Å². The van der Waals surface area contributed by atoms with Crippen LogP contribution in [0, 0.1) is 6.92 Å². The molecule has 5 heteroatoms. The number of carbonyl (C=O) groups excluding carboxylic acids is 1. The van der Waals surface area contributed by atoms with E-state index in [0.29, 0.717) is 24.3 Å². The summed E-state index contributed by atoms with van der Waals surface area (Å²) in [6.45, 7) is 13.8. The molecule has 4 nitrogen and oxygen atoms in total. The maximum atomic E-state index is 12.5. The molecule has 33 heavy (non-hydrogen) atoms. The number of carbonyl (C=O) groups is 1. The lowest BCUT2D eigenvalue weighted by Crippen LogP contribution is -2.38. The first kappa shape index (κ1) is 29.0. The summed E-state index contributed by atoms with van der Waals surface area (Å²) in [5.74, 6) is 0.608. The summed E-state index contributed by atoms with van der Waals surface area (Å²) in [7, 11) is 0. The number of nitrogens with zero attached hydrogens (tertiary/aromatic N) is 1. The first-order valence-corrected chi connectivity index (χ1v) is 12.1. The molecule has 2 aromatic rings. The van der Waals surface area contributed by atoms with Crippen molar-refractivity contribution in [1.82, 2.24) is 4.90 Å². The van der Waals surface area contributed by atoms with Gasteiger partial charge in [-0.2, -0.15) is 0 Å². The SMILES string of the molecule is CCCCCC(=O)Oc1ccc(O)c(C)c1C(CCN(C(C)C)C(C)C)c1ccccc1.Cl. The second kappa shape index (κ2) is 14.3. The lowest BCUT2D eigenvalue weighted by Gasteiger charge is -2.33. The molecule has 1 N–H and O–H groups in total. The van der Waals surface area contributed by atoms with Crippen molar-refractivity contribution < 1.29 is 14.6 Å². The fourth-order valence-electron chi connectivity index (χ4n) is 4.46. The van der Waals surface area contributed by atoms with Crippen molar-refractivity contribution in [1.29, 1.82) is 0 Å². The number of ether oxygens (including phenoxy) is 1. The molecule has 0 aliphatic rings. The Labute approximate surface area is 206 Å². The molecular weight excluding hydrogens is 434 g/mol. The number of phenolic OH excluding ortho intramolecular Hbond substituents is 1. The van der Waals surface area contributed by atoms with Gasteiger partial charge in [-0.15, -0.1) is 12.4 Å². The van der Waals surface area contributed by atoms with Crippen molar-refractivity contribution in [3.63, 3.8) is 0 Å². The van der Waals surface area contributed by atoms with Crippen LogP contribution in [0.25, 0.3) is 0 Å². The van der Waals surface area contributed by atoms with Gasteiger partial charge in [0, 0.05) is 30.0 Å². The fraction of sp³-hybridized carbons (Fsp3) is 0.536. The highest BCUT2D eigenvalue weighted by atomic mass is 35.5. The second-order valence-electron chi connectivity index (χ2n) is 9.23. The normalized spacial score (nSPS) is 12.2. The average Bonchev–Trinajstić information content (AvgIpc) is 2.75. The molecule has 0 heterocycles. The van der Waals surface area contributed by atoms with Gasteiger partial charge in [0.15, 0.2) is 0 Å². The van der Waals surface area contributed by atoms with Crippen LogP contribution in [-0.2, 0) is 4.79 Å². The van der Waals surface area contributed by atoms with Crippen molar-refractivity contribution in [2.75, 3.05) is 6.54 Å². The van der Waals surface area contributed by atoms with Crippen LogP contribution in [0.1, 0.15) is 89.3 Å². The van der Waals surface area contributed by atoms with E-state index in [2.05, 4.69) is 51.7 Å². The zero-order chi connectivity index (χ0) is 23.7. The van der Waals surface area contributed by atoms with Gasteiger partial charge in [-0.05, 0) is 77.3 Å². The van der Waals surface area contributed by atoms with Crippen LogP contribution in [0.4, 0.5) is 0 Å². The largest absolute Gasteiger partial charge is 0.508 e. The lowest BCUT2D eigenvalue weighted by atomic mass is 9.84. The van der Waals surface area contributed by atoms with Gasteiger partial charge in [0.1, 0.15) is 11.5 Å². The fourth-order valence-corrected chi connectivity index (χ4v) is 4.46. The van der Waals surface area contributed by atoms with Crippen molar-refractivity contribution in [3.8, 4) is 11.5 Å². The van der Waals surface area contributed by atoms with Crippen LogP contribution in [0.3, 0.4) is 0 Å². The monoisotopic (exact) mass is 475 g/mol. The molecule has 2 rings (SSSR count). The maximum absolute atomic E-state index is 12.5. The number of hydrogen-bond donors (Lipinski definition) is 1. The standard InChI is InChI=1S/C28H41NO3.ClH/c1-7-8-10-15-27(31)32-26-17-16-25(30)22(6)28(26)24(23-13-11-9-12-14-23)18-19-29(20(2)3)21(4)5;/h9,11-14,16-17,20-21,24,30H,7-8,10,15,18-19H2,1-6H3;1H. The van der Waals surface area contributed by atoms with Gasteiger partial charge in [0.25, 0.3) is 0 Å². The molecule has 2 aromatic carbocycles. The molecule has 0 aromatic heterocycles. The molecule has 184 valence electrons. The number of hydrogen-bond acceptors (Lipinski definition) is 4. The molecule has 0 fully saturated rings. The summed E-state index contributed by atoms with van der Waals surface area (Å²) in [5.41, 5.74) is 2.85. The minimum absolute atomic E-state index is 0. The molecule has 0 spiro atoms. The number of aromatic hydroxyl groups is 1. The summed E-state index contributed by atoms with van der Waals surface area (Å²) in [5, 5.41) is 10.5. The van der Waals surface area contributed by atoms with Gasteiger partial charge in [0.05, 0.1) is 0 Å². The van der Waals surface area contributed by atoms with E-state index in [1.165, 1.54) is 0 Å². The van der Waals surface area contributed by atoms with Crippen LogP contribution in [0.2, 0.25) is 0 Å². The van der Waals surface area contributed by atoms with Gasteiger partial charge in [-0.1, -0.05) is 50.1 Å². The van der Waals surface area contributed by atoms with Crippen molar-refractivity contribution in [2.45, 2.75) is 91.6 Å². The summed E-state index contributed by atoms with van der Waals surface area (Å²) >= 11 is 0. The predicted molar refractivity (Wildman–Crippen MR) is 140 cm³/mol. The smallest absolute Gasteiger partial charge is 0.311 e. The number of unbranched alkanes of at least 4 members (excludes halogenated alkanes) is 2. The molecule has 0 aliphatic carbocycles. The molecule has 1 atom stereocenters. The van der Waals surface area contributed by atoms with Crippen molar-refractivity contribution >= 4 is 18.4 Å². The van der Waals surface area contributed by atoms with Gasteiger partial charge in [-0.25, -0.2) is 0 Å². The third kappa shape index (κ3) is 8.35. The Hall–Kier alpha value is -2.04.